The van der Waals surface area contributed by atoms with E-state index in [2.05, 4.69) is 0 Å². The number of hydrogen-bond donors (Lipinski definition) is 1. The van der Waals surface area contributed by atoms with Gasteiger partial charge < -0.3 is 10.0 Å². The minimum Gasteiger partial charge on any atom is -0.480 e. The number of nitrogens with zero attached hydrogens (tertiary/aromatic N) is 1. The Bertz CT molecular complexity index is 377. The Morgan fingerprint density at radius 3 is 2.64 bits per heavy atom. The van der Waals surface area contributed by atoms with Gasteiger partial charge in [0, 0.05) is 12.7 Å². The van der Waals surface area contributed by atoms with Gasteiger partial charge in [-0.2, -0.15) is 0 Å². The lowest BCUT2D eigenvalue weighted by molar-refractivity contribution is -0.142. The lowest BCUT2D eigenvalue weighted by Gasteiger charge is -2.33. The molecule has 0 fully saturated rings. The summed E-state index contributed by atoms with van der Waals surface area (Å²) in [5, 5.41) is 9.06. The molecule has 1 N–H and O–H groups in total. The van der Waals surface area contributed by atoms with Crippen LogP contribution in [0.4, 0.5) is 5.69 Å². The molecule has 0 aliphatic heterocycles. The number of likely N-dealkylation sites (N-methyl/N-ethyl adjacent to an activating group) is 1. The number of hydrogen-bond acceptors (Lipinski definition) is 2. The zero-order valence-corrected chi connectivity index (χ0v) is 8.61. The monoisotopic (exact) mass is 194 g/mol. The number of rotatable bonds is 3. The van der Waals surface area contributed by atoms with Crippen LogP contribution in [0.25, 0.3) is 0 Å². The number of carboxylic acids is 1. The SMILES string of the molecule is [2H]c1ccccc1N(C)C(C)(C)C(=O)O. The second kappa shape index (κ2) is 3.70. The first-order valence-corrected chi connectivity index (χ1v) is 4.40. The van der Waals surface area contributed by atoms with Gasteiger partial charge in [-0.3, -0.25) is 0 Å². The summed E-state index contributed by atoms with van der Waals surface area (Å²) in [7, 11) is 1.68. The molecule has 0 bridgehead atoms. The van der Waals surface area contributed by atoms with Crippen LogP contribution >= 0.6 is 0 Å². The molecule has 1 aromatic carbocycles. The van der Waals surface area contributed by atoms with Gasteiger partial charge in [-0.15, -0.1) is 0 Å². The molecule has 0 aromatic heterocycles. The van der Waals surface area contributed by atoms with Gasteiger partial charge in [0.2, 0.25) is 0 Å². The van der Waals surface area contributed by atoms with Crippen molar-refractivity contribution >= 4 is 11.7 Å². The molecule has 0 saturated carbocycles. The van der Waals surface area contributed by atoms with Crippen molar-refractivity contribution in [2.75, 3.05) is 11.9 Å². The van der Waals surface area contributed by atoms with E-state index in [1.165, 1.54) is 0 Å². The molecule has 76 valence electrons. The third-order valence-corrected chi connectivity index (χ3v) is 2.42. The average molecular weight is 194 g/mol. The number of aliphatic carboxylic acids is 1. The number of carboxylic acid groups (broad SMARTS) is 1. The van der Waals surface area contributed by atoms with Gasteiger partial charge in [0.15, 0.2) is 0 Å². The molecule has 0 radical (unpaired) electrons. The Kier molecular flexibility index (Phi) is 2.39. The molecule has 1 rings (SSSR count). The molecule has 0 heterocycles. The van der Waals surface area contributed by atoms with Crippen LogP contribution < -0.4 is 4.90 Å². The molecule has 0 unspecified atom stereocenters. The Morgan fingerprint density at radius 2 is 2.14 bits per heavy atom. The fourth-order valence-corrected chi connectivity index (χ4v) is 1.04. The fraction of sp³-hybridized carbons (Fsp3) is 0.364. The van der Waals surface area contributed by atoms with E-state index in [0.717, 1.165) is 0 Å². The topological polar surface area (TPSA) is 40.5 Å². The van der Waals surface area contributed by atoms with Crippen LogP contribution in [0.1, 0.15) is 15.2 Å². The van der Waals surface area contributed by atoms with Gasteiger partial charge in [-0.05, 0) is 26.0 Å². The Labute approximate surface area is 85.4 Å². The first-order chi connectivity index (χ1) is 6.87. The molecule has 14 heavy (non-hydrogen) atoms. The van der Waals surface area contributed by atoms with Crippen molar-refractivity contribution in [3.8, 4) is 0 Å². The first-order valence-electron chi connectivity index (χ1n) is 4.90. The molecule has 0 aliphatic carbocycles. The molecule has 3 heteroatoms. The van der Waals surface area contributed by atoms with Crippen LogP contribution in [-0.4, -0.2) is 23.7 Å². The number of para-hydroxylation sites is 1. The van der Waals surface area contributed by atoms with Crippen LogP contribution in [0.3, 0.4) is 0 Å². The van der Waals surface area contributed by atoms with E-state index in [0.29, 0.717) is 11.7 Å². The Hall–Kier alpha value is -1.51. The predicted molar refractivity (Wildman–Crippen MR) is 56.6 cm³/mol. The van der Waals surface area contributed by atoms with E-state index in [-0.39, 0.29) is 0 Å². The number of anilines is 1. The van der Waals surface area contributed by atoms with Gasteiger partial charge in [0.05, 0.1) is 1.37 Å². The van der Waals surface area contributed by atoms with E-state index in [9.17, 15) is 4.79 Å². The van der Waals surface area contributed by atoms with Crippen LogP contribution in [0.15, 0.2) is 30.3 Å². The highest BCUT2D eigenvalue weighted by atomic mass is 16.4. The first kappa shape index (κ1) is 9.06. The molecule has 1 aromatic rings. The van der Waals surface area contributed by atoms with Crippen molar-refractivity contribution < 1.29 is 11.3 Å². The van der Waals surface area contributed by atoms with Crippen LogP contribution in [-0.2, 0) is 4.79 Å². The van der Waals surface area contributed by atoms with E-state index < -0.39 is 11.5 Å². The summed E-state index contributed by atoms with van der Waals surface area (Å²) in [4.78, 5) is 12.6. The van der Waals surface area contributed by atoms with Crippen molar-refractivity contribution in [3.05, 3.63) is 30.3 Å². The highest BCUT2D eigenvalue weighted by molar-refractivity contribution is 5.82. The normalized spacial score (nSPS) is 12.1. The maximum atomic E-state index is 11.0. The summed E-state index contributed by atoms with van der Waals surface area (Å²) < 4.78 is 7.69. The standard InChI is InChI=1S/C11H15NO2/c1-11(2,10(13)14)12(3)9-7-5-4-6-8-9/h4-8H,1-3H3,(H,13,14)/i7D. The van der Waals surface area contributed by atoms with Gasteiger partial charge in [-0.1, -0.05) is 18.2 Å². The summed E-state index contributed by atoms with van der Waals surface area (Å²) in [5.74, 6) is -0.909. The van der Waals surface area contributed by atoms with E-state index in [4.69, 9.17) is 6.48 Å². The predicted octanol–water partition coefficient (Wildman–Crippen LogP) is 1.99. The maximum absolute atomic E-state index is 11.0. The van der Waals surface area contributed by atoms with E-state index >= 15 is 0 Å². The summed E-state index contributed by atoms with van der Waals surface area (Å²) in [6, 6.07) is 7.26. The van der Waals surface area contributed by atoms with Gasteiger partial charge >= 0.3 is 5.97 Å². The highest BCUT2D eigenvalue weighted by Crippen LogP contribution is 2.21. The van der Waals surface area contributed by atoms with Gasteiger partial charge in [0.1, 0.15) is 5.54 Å². The molecule has 0 amide bonds. The molecule has 0 aliphatic rings. The van der Waals surface area contributed by atoms with Gasteiger partial charge in [-0.25, -0.2) is 4.79 Å². The fourth-order valence-electron chi connectivity index (χ4n) is 1.04. The van der Waals surface area contributed by atoms with Crippen LogP contribution in [0, 0.1) is 0 Å². The van der Waals surface area contributed by atoms with Crippen molar-refractivity contribution in [1.82, 2.24) is 0 Å². The second-order valence-corrected chi connectivity index (χ2v) is 3.67. The van der Waals surface area contributed by atoms with Crippen molar-refractivity contribution in [2.24, 2.45) is 0 Å². The maximum Gasteiger partial charge on any atom is 0.328 e. The second-order valence-electron chi connectivity index (χ2n) is 3.67. The number of benzene rings is 1. The molecule has 3 nitrogen and oxygen atoms in total. The van der Waals surface area contributed by atoms with Crippen LogP contribution in [0.2, 0.25) is 0 Å². The molecular formula is C11H15NO2. The number of carbonyl (C=O) groups is 1. The van der Waals surface area contributed by atoms with Crippen molar-refractivity contribution in [3.63, 3.8) is 0 Å². The zero-order valence-electron chi connectivity index (χ0n) is 9.61. The Morgan fingerprint density at radius 1 is 1.50 bits per heavy atom. The molecule has 0 saturated heterocycles. The average Bonchev–Trinajstić information content (AvgIpc) is 2.17. The van der Waals surface area contributed by atoms with Gasteiger partial charge in [0.25, 0.3) is 0 Å². The third-order valence-electron chi connectivity index (χ3n) is 2.42. The lowest BCUT2D eigenvalue weighted by Crippen LogP contribution is -2.48. The molecule has 0 spiro atoms. The van der Waals surface area contributed by atoms with E-state index in [1.807, 2.05) is 0 Å². The highest BCUT2D eigenvalue weighted by Gasteiger charge is 2.31. The van der Waals surface area contributed by atoms with Crippen molar-refractivity contribution in [1.29, 1.82) is 0 Å². The summed E-state index contributed by atoms with van der Waals surface area (Å²) in [6.07, 6.45) is 0. The summed E-state index contributed by atoms with van der Waals surface area (Å²) >= 11 is 0. The van der Waals surface area contributed by atoms with Crippen molar-refractivity contribution in [2.45, 2.75) is 19.4 Å². The lowest BCUT2D eigenvalue weighted by atomic mass is 10.0. The van der Waals surface area contributed by atoms with E-state index in [1.54, 1.807) is 50.1 Å². The quantitative estimate of drug-likeness (QED) is 0.800. The smallest absolute Gasteiger partial charge is 0.328 e. The minimum absolute atomic E-state index is 0.328. The minimum atomic E-state index is -1.02. The zero-order chi connectivity index (χ0) is 11.6. The third kappa shape index (κ3) is 1.87. The molecule has 0 atom stereocenters. The largest absolute Gasteiger partial charge is 0.480 e. The molecular weight excluding hydrogens is 178 g/mol. The summed E-state index contributed by atoms with van der Waals surface area (Å²) in [5.41, 5.74) is -0.401. The Balaban J connectivity index is 3.10. The van der Waals surface area contributed by atoms with Crippen LogP contribution in [0.5, 0.6) is 0 Å². The summed E-state index contributed by atoms with van der Waals surface area (Å²) in [6.45, 7) is 3.23.